The smallest absolute Gasteiger partial charge is 0.0594 e. The molecule has 1 fully saturated rings. The van der Waals surface area contributed by atoms with Gasteiger partial charge in [0.25, 0.3) is 0 Å². The number of nitrogens with zero attached hydrogens (tertiary/aromatic N) is 2. The minimum absolute atomic E-state index is 0.885. The number of aromatic nitrogens is 1. The first kappa shape index (κ1) is 15.6. The van der Waals surface area contributed by atoms with Gasteiger partial charge >= 0.3 is 0 Å². The van der Waals surface area contributed by atoms with Gasteiger partial charge in [0.05, 0.1) is 13.2 Å². The Kier molecular flexibility index (Phi) is 6.11. The molecule has 0 spiro atoms. The van der Waals surface area contributed by atoms with Gasteiger partial charge < -0.3 is 9.30 Å². The average molecular weight is 278 g/mol. The van der Waals surface area contributed by atoms with Crippen LogP contribution in [0, 0.1) is 13.8 Å². The third kappa shape index (κ3) is 4.10. The minimum Gasteiger partial charge on any atom is -0.379 e. The predicted octanol–water partition coefficient (Wildman–Crippen LogP) is 3.52. The fraction of sp³-hybridized carbons (Fsp3) is 0.765. The van der Waals surface area contributed by atoms with Crippen molar-refractivity contribution in [3.8, 4) is 0 Å². The second-order valence-corrected chi connectivity index (χ2v) is 6.00. The summed E-state index contributed by atoms with van der Waals surface area (Å²) < 4.78 is 7.93. The van der Waals surface area contributed by atoms with Crippen LogP contribution in [-0.2, 0) is 17.8 Å². The second-order valence-electron chi connectivity index (χ2n) is 6.00. The number of hydrogen-bond donors (Lipinski definition) is 0. The molecular weight excluding hydrogens is 248 g/mol. The van der Waals surface area contributed by atoms with Crippen LogP contribution in [0.15, 0.2) is 6.07 Å². The van der Waals surface area contributed by atoms with Gasteiger partial charge in [0, 0.05) is 37.6 Å². The Morgan fingerprint density at radius 2 is 1.85 bits per heavy atom. The summed E-state index contributed by atoms with van der Waals surface area (Å²) in [5, 5.41) is 0. The van der Waals surface area contributed by atoms with Gasteiger partial charge in [-0.15, -0.1) is 0 Å². The van der Waals surface area contributed by atoms with E-state index in [9.17, 15) is 0 Å². The highest BCUT2D eigenvalue weighted by atomic mass is 16.5. The van der Waals surface area contributed by atoms with E-state index in [4.69, 9.17) is 4.74 Å². The largest absolute Gasteiger partial charge is 0.379 e. The van der Waals surface area contributed by atoms with Crippen LogP contribution in [0.1, 0.15) is 49.6 Å². The quantitative estimate of drug-likeness (QED) is 0.710. The first-order valence-electron chi connectivity index (χ1n) is 8.18. The highest BCUT2D eigenvalue weighted by molar-refractivity contribution is 5.26. The van der Waals surface area contributed by atoms with Crippen LogP contribution >= 0.6 is 0 Å². The molecule has 0 aliphatic carbocycles. The van der Waals surface area contributed by atoms with Crippen LogP contribution in [0.5, 0.6) is 0 Å². The molecule has 1 aromatic rings. The highest BCUT2D eigenvalue weighted by Crippen LogP contribution is 2.18. The van der Waals surface area contributed by atoms with E-state index >= 15 is 0 Å². The zero-order valence-corrected chi connectivity index (χ0v) is 13.5. The number of rotatable bonds is 7. The van der Waals surface area contributed by atoms with Crippen LogP contribution in [0.4, 0.5) is 0 Å². The molecule has 3 heteroatoms. The third-order valence-corrected chi connectivity index (χ3v) is 4.41. The number of morpholine rings is 1. The van der Waals surface area contributed by atoms with Crippen LogP contribution in [0.3, 0.4) is 0 Å². The molecule has 2 heterocycles. The molecule has 0 bridgehead atoms. The Bertz CT molecular complexity index is 405. The Labute approximate surface area is 123 Å². The zero-order valence-electron chi connectivity index (χ0n) is 13.5. The van der Waals surface area contributed by atoms with E-state index in [2.05, 4.69) is 36.3 Å². The van der Waals surface area contributed by atoms with E-state index in [0.29, 0.717) is 0 Å². The highest BCUT2D eigenvalue weighted by Gasteiger charge is 2.15. The van der Waals surface area contributed by atoms with Gasteiger partial charge in [-0.2, -0.15) is 0 Å². The maximum Gasteiger partial charge on any atom is 0.0594 e. The maximum absolute atomic E-state index is 5.43. The molecule has 1 aliphatic rings. The van der Waals surface area contributed by atoms with Crippen molar-refractivity contribution in [2.45, 2.75) is 59.5 Å². The number of ether oxygens (including phenoxy) is 1. The number of aryl methyl sites for hydroxylation is 1. The summed E-state index contributed by atoms with van der Waals surface area (Å²) in [6.45, 7) is 13.0. The molecule has 1 aromatic heterocycles. The maximum atomic E-state index is 5.43. The van der Waals surface area contributed by atoms with Gasteiger partial charge in [-0.25, -0.2) is 0 Å². The Morgan fingerprint density at radius 3 is 2.55 bits per heavy atom. The molecule has 1 aliphatic heterocycles. The molecule has 0 N–H and O–H groups in total. The Balaban J connectivity index is 1.93. The van der Waals surface area contributed by atoms with Crippen molar-refractivity contribution in [3.05, 3.63) is 23.0 Å². The zero-order chi connectivity index (χ0) is 14.4. The average Bonchev–Trinajstić information content (AvgIpc) is 2.72. The van der Waals surface area contributed by atoms with Gasteiger partial charge in [0.2, 0.25) is 0 Å². The summed E-state index contributed by atoms with van der Waals surface area (Å²) in [4.78, 5) is 2.51. The first-order valence-corrected chi connectivity index (χ1v) is 8.18. The standard InChI is InChI=1S/C17H30N2O/c1-4-5-6-7-8-19-15(2)13-17(16(19)3)14-18-9-11-20-12-10-18/h13H,4-12,14H2,1-3H3. The predicted molar refractivity (Wildman–Crippen MR) is 84.1 cm³/mol. The van der Waals surface area contributed by atoms with Crippen molar-refractivity contribution in [2.24, 2.45) is 0 Å². The molecule has 20 heavy (non-hydrogen) atoms. The molecule has 114 valence electrons. The van der Waals surface area contributed by atoms with E-state index in [-0.39, 0.29) is 0 Å². The van der Waals surface area contributed by atoms with Crippen LogP contribution in [-0.4, -0.2) is 35.8 Å². The van der Waals surface area contributed by atoms with Crippen molar-refractivity contribution in [2.75, 3.05) is 26.3 Å². The summed E-state index contributed by atoms with van der Waals surface area (Å²) in [7, 11) is 0. The fourth-order valence-electron chi connectivity index (χ4n) is 3.07. The minimum atomic E-state index is 0.885. The summed E-state index contributed by atoms with van der Waals surface area (Å²) in [5.74, 6) is 0. The van der Waals surface area contributed by atoms with Crippen molar-refractivity contribution < 1.29 is 4.74 Å². The van der Waals surface area contributed by atoms with Crippen molar-refractivity contribution >= 4 is 0 Å². The van der Waals surface area contributed by atoms with Gasteiger partial charge in [0.15, 0.2) is 0 Å². The summed E-state index contributed by atoms with van der Waals surface area (Å²) in [6, 6.07) is 2.38. The molecule has 0 radical (unpaired) electrons. The van der Waals surface area contributed by atoms with Crippen LogP contribution < -0.4 is 0 Å². The second kappa shape index (κ2) is 7.84. The van der Waals surface area contributed by atoms with Gasteiger partial charge in [-0.05, 0) is 31.9 Å². The monoisotopic (exact) mass is 278 g/mol. The molecule has 1 saturated heterocycles. The van der Waals surface area contributed by atoms with E-state index in [1.54, 1.807) is 0 Å². The number of unbranched alkanes of at least 4 members (excludes halogenated alkanes) is 3. The summed E-state index contributed by atoms with van der Waals surface area (Å²) in [5.41, 5.74) is 4.38. The molecule has 0 saturated carbocycles. The van der Waals surface area contributed by atoms with E-state index in [0.717, 1.165) is 32.8 Å². The van der Waals surface area contributed by atoms with E-state index in [1.807, 2.05) is 0 Å². The molecule has 0 atom stereocenters. The van der Waals surface area contributed by atoms with Crippen molar-refractivity contribution in [1.29, 1.82) is 0 Å². The lowest BCUT2D eigenvalue weighted by Crippen LogP contribution is -2.35. The first-order chi connectivity index (χ1) is 9.72. The summed E-state index contributed by atoms with van der Waals surface area (Å²) in [6.07, 6.45) is 5.33. The SMILES string of the molecule is CCCCCCn1c(C)cc(CN2CCOCC2)c1C. The number of hydrogen-bond acceptors (Lipinski definition) is 2. The Morgan fingerprint density at radius 1 is 1.10 bits per heavy atom. The summed E-state index contributed by atoms with van der Waals surface area (Å²) >= 11 is 0. The molecule has 0 amide bonds. The third-order valence-electron chi connectivity index (χ3n) is 4.41. The molecule has 0 unspecified atom stereocenters. The molecule has 3 nitrogen and oxygen atoms in total. The molecule has 0 aromatic carbocycles. The van der Waals surface area contributed by atoms with Gasteiger partial charge in [0.1, 0.15) is 0 Å². The normalized spacial score (nSPS) is 16.8. The van der Waals surface area contributed by atoms with Crippen LogP contribution in [0.25, 0.3) is 0 Å². The molecular formula is C17H30N2O. The lowest BCUT2D eigenvalue weighted by Gasteiger charge is -2.26. The fourth-order valence-corrected chi connectivity index (χ4v) is 3.07. The van der Waals surface area contributed by atoms with Crippen molar-refractivity contribution in [1.82, 2.24) is 9.47 Å². The van der Waals surface area contributed by atoms with E-state index < -0.39 is 0 Å². The Hall–Kier alpha value is -0.800. The topological polar surface area (TPSA) is 17.4 Å². The van der Waals surface area contributed by atoms with Crippen LogP contribution in [0.2, 0.25) is 0 Å². The molecule has 2 rings (SSSR count). The van der Waals surface area contributed by atoms with Gasteiger partial charge in [-0.1, -0.05) is 26.2 Å². The van der Waals surface area contributed by atoms with Gasteiger partial charge in [-0.3, -0.25) is 4.90 Å². The van der Waals surface area contributed by atoms with E-state index in [1.165, 1.54) is 49.2 Å². The van der Waals surface area contributed by atoms with Crippen molar-refractivity contribution in [3.63, 3.8) is 0 Å². The lowest BCUT2D eigenvalue weighted by molar-refractivity contribution is 0.0341. The lowest BCUT2D eigenvalue weighted by atomic mass is 10.2.